The summed E-state index contributed by atoms with van der Waals surface area (Å²) in [6.07, 6.45) is 7.00. The molecule has 0 spiro atoms. The summed E-state index contributed by atoms with van der Waals surface area (Å²) in [5.41, 5.74) is 1.62. The van der Waals surface area contributed by atoms with E-state index >= 15 is 0 Å². The first-order chi connectivity index (χ1) is 11.2. The molecule has 0 aliphatic carbocycles. The van der Waals surface area contributed by atoms with E-state index in [9.17, 15) is 10.1 Å². The average molecular weight is 315 g/mol. The van der Waals surface area contributed by atoms with Crippen LogP contribution in [0.15, 0.2) is 30.6 Å². The molecule has 0 amide bonds. The fourth-order valence-electron chi connectivity index (χ4n) is 3.22. The van der Waals surface area contributed by atoms with Crippen molar-refractivity contribution in [2.24, 2.45) is 0 Å². The Hall–Kier alpha value is -2.41. The number of anilines is 1. The molecular formula is C16H21N5O2. The second-order valence-corrected chi connectivity index (χ2v) is 5.82. The van der Waals surface area contributed by atoms with Gasteiger partial charge in [-0.15, -0.1) is 0 Å². The monoisotopic (exact) mass is 315 g/mol. The Labute approximate surface area is 134 Å². The lowest BCUT2D eigenvalue weighted by atomic mass is 10.0. The summed E-state index contributed by atoms with van der Waals surface area (Å²) in [4.78, 5) is 20.8. The molecule has 0 radical (unpaired) electrons. The molecule has 2 N–H and O–H groups in total. The number of nitro groups is 1. The number of rotatable bonds is 5. The van der Waals surface area contributed by atoms with Gasteiger partial charge in [0.05, 0.1) is 11.0 Å². The molecule has 23 heavy (non-hydrogen) atoms. The van der Waals surface area contributed by atoms with Gasteiger partial charge in [-0.25, -0.2) is 4.98 Å². The van der Waals surface area contributed by atoms with Crippen LogP contribution in [0.25, 0.3) is 0 Å². The van der Waals surface area contributed by atoms with Crippen molar-refractivity contribution < 1.29 is 4.92 Å². The molecule has 1 aliphatic heterocycles. The maximum Gasteiger partial charge on any atom is 0.292 e. The van der Waals surface area contributed by atoms with E-state index in [2.05, 4.69) is 20.2 Å². The van der Waals surface area contributed by atoms with Gasteiger partial charge in [0.1, 0.15) is 11.5 Å². The first kappa shape index (κ1) is 15.5. The fraction of sp³-hybridized carbons (Fsp3) is 0.438. The van der Waals surface area contributed by atoms with E-state index in [0.29, 0.717) is 12.2 Å². The van der Waals surface area contributed by atoms with Gasteiger partial charge >= 0.3 is 0 Å². The fourth-order valence-corrected chi connectivity index (χ4v) is 3.22. The smallest absolute Gasteiger partial charge is 0.292 e. The zero-order valence-electron chi connectivity index (χ0n) is 13.2. The van der Waals surface area contributed by atoms with Gasteiger partial charge in [0.15, 0.2) is 0 Å². The second-order valence-electron chi connectivity index (χ2n) is 5.82. The van der Waals surface area contributed by atoms with Crippen LogP contribution in [0.1, 0.15) is 36.7 Å². The Bertz CT molecular complexity index is 671. The van der Waals surface area contributed by atoms with Crippen LogP contribution in [0.2, 0.25) is 0 Å². The lowest BCUT2D eigenvalue weighted by Gasteiger charge is -2.34. The standard InChI is InChI=1S/C16H21N5O2/c1-17-13-6-5-12(10-15(13)21(22)23)11-20-9-3-2-4-14(20)16-18-7-8-19-16/h5-8,10,14,17H,2-4,9,11H2,1H3,(H,18,19)/t14-/m1/s1. The van der Waals surface area contributed by atoms with Gasteiger partial charge in [0, 0.05) is 32.1 Å². The normalized spacial score (nSPS) is 18.7. The maximum atomic E-state index is 11.2. The molecule has 2 aromatic rings. The highest BCUT2D eigenvalue weighted by atomic mass is 16.6. The van der Waals surface area contributed by atoms with E-state index < -0.39 is 0 Å². The third kappa shape index (κ3) is 3.34. The molecule has 1 fully saturated rings. The summed E-state index contributed by atoms with van der Waals surface area (Å²) in [5, 5.41) is 14.1. The van der Waals surface area contributed by atoms with Gasteiger partial charge in [0.2, 0.25) is 0 Å². The van der Waals surface area contributed by atoms with Crippen molar-refractivity contribution in [3.63, 3.8) is 0 Å². The van der Waals surface area contributed by atoms with Gasteiger partial charge in [0.25, 0.3) is 5.69 Å². The number of benzene rings is 1. The molecule has 0 saturated carbocycles. The number of nitrogens with one attached hydrogen (secondary N) is 2. The molecule has 122 valence electrons. The topological polar surface area (TPSA) is 87.1 Å². The number of piperidine rings is 1. The van der Waals surface area contributed by atoms with Crippen LogP contribution in [0.5, 0.6) is 0 Å². The number of H-pyrrole nitrogens is 1. The highest BCUT2D eigenvalue weighted by molar-refractivity contribution is 5.62. The molecule has 2 heterocycles. The molecular weight excluding hydrogens is 294 g/mol. The van der Waals surface area contributed by atoms with Crippen molar-refractivity contribution >= 4 is 11.4 Å². The Morgan fingerprint density at radius 2 is 2.35 bits per heavy atom. The van der Waals surface area contributed by atoms with Crippen LogP contribution < -0.4 is 5.32 Å². The van der Waals surface area contributed by atoms with E-state index in [1.54, 1.807) is 25.4 Å². The van der Waals surface area contributed by atoms with E-state index in [1.165, 1.54) is 6.42 Å². The highest BCUT2D eigenvalue weighted by Gasteiger charge is 2.26. The summed E-state index contributed by atoms with van der Waals surface area (Å²) in [6.45, 7) is 1.67. The van der Waals surface area contributed by atoms with Crippen molar-refractivity contribution in [1.82, 2.24) is 14.9 Å². The number of hydrogen-bond acceptors (Lipinski definition) is 5. The summed E-state index contributed by atoms with van der Waals surface area (Å²) in [5.74, 6) is 0.978. The third-order valence-corrected chi connectivity index (χ3v) is 4.36. The predicted molar refractivity (Wildman–Crippen MR) is 88.2 cm³/mol. The number of nitrogens with zero attached hydrogens (tertiary/aromatic N) is 3. The zero-order chi connectivity index (χ0) is 16.2. The van der Waals surface area contributed by atoms with Crippen molar-refractivity contribution in [3.05, 3.63) is 52.1 Å². The average Bonchev–Trinajstić information content (AvgIpc) is 3.09. The first-order valence-corrected chi connectivity index (χ1v) is 7.87. The number of aromatic nitrogens is 2. The molecule has 0 bridgehead atoms. The molecule has 3 rings (SSSR count). The van der Waals surface area contributed by atoms with Crippen LogP contribution in [-0.2, 0) is 6.54 Å². The molecule has 1 atom stereocenters. The number of imidazole rings is 1. The van der Waals surface area contributed by atoms with E-state index in [-0.39, 0.29) is 16.7 Å². The minimum absolute atomic E-state index is 0.122. The molecule has 7 heteroatoms. The van der Waals surface area contributed by atoms with Gasteiger partial charge in [-0.1, -0.05) is 12.5 Å². The molecule has 1 aromatic carbocycles. The lowest BCUT2D eigenvalue weighted by molar-refractivity contribution is -0.384. The zero-order valence-corrected chi connectivity index (χ0v) is 13.2. The van der Waals surface area contributed by atoms with Crippen molar-refractivity contribution in [2.75, 3.05) is 18.9 Å². The SMILES string of the molecule is CNc1ccc(CN2CCCC[C@@H]2c2ncc[nH]2)cc1[N+](=O)[O-]. The van der Waals surface area contributed by atoms with Crippen LogP contribution in [0.3, 0.4) is 0 Å². The summed E-state index contributed by atoms with van der Waals surface area (Å²) < 4.78 is 0. The Kier molecular flexibility index (Phi) is 4.57. The Morgan fingerprint density at radius 1 is 1.48 bits per heavy atom. The van der Waals surface area contributed by atoms with Crippen molar-refractivity contribution in [1.29, 1.82) is 0 Å². The third-order valence-electron chi connectivity index (χ3n) is 4.36. The summed E-state index contributed by atoms with van der Waals surface area (Å²) in [6, 6.07) is 5.65. The Balaban J connectivity index is 1.82. The molecule has 7 nitrogen and oxygen atoms in total. The van der Waals surface area contributed by atoms with Crippen LogP contribution >= 0.6 is 0 Å². The molecule has 0 unspecified atom stereocenters. The van der Waals surface area contributed by atoms with E-state index in [0.717, 1.165) is 30.8 Å². The molecule has 1 aromatic heterocycles. The first-order valence-electron chi connectivity index (χ1n) is 7.87. The van der Waals surface area contributed by atoms with Gasteiger partial charge in [-0.2, -0.15) is 0 Å². The summed E-state index contributed by atoms with van der Waals surface area (Å²) >= 11 is 0. The minimum atomic E-state index is -0.338. The number of nitro benzene ring substituents is 1. The van der Waals surface area contributed by atoms with Gasteiger partial charge in [-0.3, -0.25) is 15.0 Å². The highest BCUT2D eigenvalue weighted by Crippen LogP contribution is 2.32. The molecule has 1 saturated heterocycles. The number of hydrogen-bond donors (Lipinski definition) is 2. The second kappa shape index (κ2) is 6.78. The molecule has 1 aliphatic rings. The van der Waals surface area contributed by atoms with Gasteiger partial charge in [-0.05, 0) is 31.0 Å². The van der Waals surface area contributed by atoms with Gasteiger partial charge < -0.3 is 10.3 Å². The summed E-state index contributed by atoms with van der Waals surface area (Å²) in [7, 11) is 1.69. The van der Waals surface area contributed by atoms with E-state index in [4.69, 9.17) is 0 Å². The number of likely N-dealkylation sites (tertiary alicyclic amines) is 1. The lowest BCUT2D eigenvalue weighted by Crippen LogP contribution is -2.33. The maximum absolute atomic E-state index is 11.2. The number of aromatic amines is 1. The van der Waals surface area contributed by atoms with E-state index in [1.807, 2.05) is 12.3 Å². The van der Waals surface area contributed by atoms with Crippen LogP contribution in [0, 0.1) is 10.1 Å². The Morgan fingerprint density at radius 3 is 3.04 bits per heavy atom. The van der Waals surface area contributed by atoms with Crippen molar-refractivity contribution in [2.45, 2.75) is 31.8 Å². The quantitative estimate of drug-likeness (QED) is 0.654. The van der Waals surface area contributed by atoms with Crippen molar-refractivity contribution in [3.8, 4) is 0 Å². The van der Waals surface area contributed by atoms with Crippen LogP contribution in [-0.4, -0.2) is 33.4 Å². The van der Waals surface area contributed by atoms with Crippen LogP contribution in [0.4, 0.5) is 11.4 Å². The minimum Gasteiger partial charge on any atom is -0.383 e. The predicted octanol–water partition coefficient (Wildman–Crippen LogP) is 3.09. The largest absolute Gasteiger partial charge is 0.383 e.